The van der Waals surface area contributed by atoms with Crippen LogP contribution in [0.4, 0.5) is 0 Å². The number of nitrogens with two attached hydrogens (primary N) is 1. The van der Waals surface area contributed by atoms with Crippen molar-refractivity contribution in [1.29, 1.82) is 0 Å². The van der Waals surface area contributed by atoms with Gasteiger partial charge in [-0.25, -0.2) is 0 Å². The van der Waals surface area contributed by atoms with Crippen molar-refractivity contribution < 1.29 is 5.21 Å². The first-order valence-electron chi connectivity index (χ1n) is 4.40. The summed E-state index contributed by atoms with van der Waals surface area (Å²) in [5.41, 5.74) is 6.90. The number of oxime groups is 1. The van der Waals surface area contributed by atoms with Crippen LogP contribution in [0.2, 0.25) is 0 Å². The van der Waals surface area contributed by atoms with E-state index >= 15 is 0 Å². The Morgan fingerprint density at radius 3 is 2.92 bits per heavy atom. The SMILES string of the molecule is N/C(=N/O)c1cc2c(s1)CCCC2. The lowest BCUT2D eigenvalue weighted by atomic mass is 9.99. The fourth-order valence-corrected chi connectivity index (χ4v) is 2.82. The zero-order valence-electron chi connectivity index (χ0n) is 7.29. The molecular formula is C9H12N2OS. The Kier molecular flexibility index (Phi) is 2.22. The quantitative estimate of drug-likeness (QED) is 0.311. The Morgan fingerprint density at radius 2 is 2.23 bits per heavy atom. The summed E-state index contributed by atoms with van der Waals surface area (Å²) in [5.74, 6) is 0.236. The fraction of sp³-hybridized carbons (Fsp3) is 0.444. The van der Waals surface area contributed by atoms with Gasteiger partial charge in [-0.3, -0.25) is 0 Å². The van der Waals surface area contributed by atoms with Gasteiger partial charge in [0.15, 0.2) is 5.84 Å². The molecule has 0 amide bonds. The van der Waals surface area contributed by atoms with Crippen LogP contribution in [0.25, 0.3) is 0 Å². The van der Waals surface area contributed by atoms with Crippen LogP contribution in [-0.2, 0) is 12.8 Å². The van der Waals surface area contributed by atoms with E-state index in [0.717, 1.165) is 17.7 Å². The highest BCUT2D eigenvalue weighted by Gasteiger charge is 2.14. The van der Waals surface area contributed by atoms with Crippen LogP contribution in [0.15, 0.2) is 11.2 Å². The molecule has 0 saturated heterocycles. The second kappa shape index (κ2) is 3.38. The van der Waals surface area contributed by atoms with Gasteiger partial charge in [-0.1, -0.05) is 5.16 Å². The predicted octanol–water partition coefficient (Wildman–Crippen LogP) is 1.72. The minimum absolute atomic E-state index is 0.236. The smallest absolute Gasteiger partial charge is 0.180 e. The molecule has 0 aliphatic heterocycles. The third kappa shape index (κ3) is 1.54. The van der Waals surface area contributed by atoms with E-state index in [-0.39, 0.29) is 5.84 Å². The molecule has 1 aromatic rings. The van der Waals surface area contributed by atoms with Crippen LogP contribution in [0.5, 0.6) is 0 Å². The Morgan fingerprint density at radius 1 is 1.46 bits per heavy atom. The first-order valence-corrected chi connectivity index (χ1v) is 5.22. The van der Waals surface area contributed by atoms with Crippen LogP contribution in [0, 0.1) is 0 Å². The third-order valence-electron chi connectivity index (χ3n) is 2.36. The topological polar surface area (TPSA) is 58.6 Å². The lowest BCUT2D eigenvalue weighted by Crippen LogP contribution is -2.10. The van der Waals surface area contributed by atoms with Crippen LogP contribution in [-0.4, -0.2) is 11.0 Å². The van der Waals surface area contributed by atoms with Gasteiger partial charge < -0.3 is 10.9 Å². The van der Waals surface area contributed by atoms with Gasteiger partial charge in [0.25, 0.3) is 0 Å². The monoisotopic (exact) mass is 196 g/mol. The Hall–Kier alpha value is -1.03. The Balaban J connectivity index is 2.35. The van der Waals surface area contributed by atoms with Crippen molar-refractivity contribution in [3.63, 3.8) is 0 Å². The van der Waals surface area contributed by atoms with Crippen LogP contribution in [0.1, 0.15) is 28.2 Å². The maximum Gasteiger partial charge on any atom is 0.180 e. The first kappa shape index (κ1) is 8.56. The summed E-state index contributed by atoms with van der Waals surface area (Å²) in [5, 5.41) is 11.5. The normalized spacial score (nSPS) is 17.1. The molecule has 0 bridgehead atoms. The standard InChI is InChI=1S/C9H12N2OS/c10-9(11-12)8-5-6-3-1-2-4-7(6)13-8/h5,12H,1-4H2,(H2,10,11). The van der Waals surface area contributed by atoms with E-state index in [1.165, 1.54) is 23.3 Å². The summed E-state index contributed by atoms with van der Waals surface area (Å²) in [6, 6.07) is 2.05. The summed E-state index contributed by atoms with van der Waals surface area (Å²) >= 11 is 1.65. The average Bonchev–Trinajstić information content (AvgIpc) is 2.59. The van der Waals surface area contributed by atoms with Crippen LogP contribution >= 0.6 is 11.3 Å². The number of rotatable bonds is 1. The maximum atomic E-state index is 8.52. The van der Waals surface area contributed by atoms with E-state index < -0.39 is 0 Å². The van der Waals surface area contributed by atoms with Gasteiger partial charge in [0.2, 0.25) is 0 Å². The summed E-state index contributed by atoms with van der Waals surface area (Å²) in [6.07, 6.45) is 4.83. The number of amidine groups is 1. The van der Waals surface area contributed by atoms with Crippen molar-refractivity contribution in [2.24, 2.45) is 10.9 Å². The first-order chi connectivity index (χ1) is 6.31. The largest absolute Gasteiger partial charge is 0.409 e. The maximum absolute atomic E-state index is 8.52. The number of hydrogen-bond donors (Lipinski definition) is 2. The van der Waals surface area contributed by atoms with Crippen molar-refractivity contribution >= 4 is 17.2 Å². The molecule has 1 heterocycles. The Labute approximate surface area is 80.9 Å². The summed E-state index contributed by atoms with van der Waals surface area (Å²) in [7, 11) is 0. The predicted molar refractivity (Wildman–Crippen MR) is 53.5 cm³/mol. The van der Waals surface area contributed by atoms with Gasteiger partial charge in [0.1, 0.15) is 0 Å². The van der Waals surface area contributed by atoms with Crippen molar-refractivity contribution in [3.05, 3.63) is 21.4 Å². The van der Waals surface area contributed by atoms with Crippen molar-refractivity contribution in [2.45, 2.75) is 25.7 Å². The average molecular weight is 196 g/mol. The number of thiophene rings is 1. The Bertz CT molecular complexity index is 320. The zero-order chi connectivity index (χ0) is 9.26. The second-order valence-electron chi connectivity index (χ2n) is 3.25. The molecule has 1 aliphatic carbocycles. The molecule has 0 aromatic carbocycles. The summed E-state index contributed by atoms with van der Waals surface area (Å²) < 4.78 is 0. The highest BCUT2D eigenvalue weighted by atomic mass is 32.1. The van der Waals surface area contributed by atoms with E-state index in [2.05, 4.69) is 5.16 Å². The lowest BCUT2D eigenvalue weighted by molar-refractivity contribution is 0.319. The van der Waals surface area contributed by atoms with Gasteiger partial charge in [0, 0.05) is 4.88 Å². The van der Waals surface area contributed by atoms with Gasteiger partial charge in [0.05, 0.1) is 4.88 Å². The molecule has 13 heavy (non-hydrogen) atoms. The minimum atomic E-state index is 0.236. The molecule has 0 radical (unpaired) electrons. The molecule has 2 rings (SSSR count). The number of fused-ring (bicyclic) bond motifs is 1. The van der Waals surface area contributed by atoms with E-state index in [9.17, 15) is 0 Å². The molecule has 3 nitrogen and oxygen atoms in total. The third-order valence-corrected chi connectivity index (χ3v) is 3.62. The van der Waals surface area contributed by atoms with E-state index in [1.807, 2.05) is 6.07 Å². The molecule has 70 valence electrons. The van der Waals surface area contributed by atoms with E-state index in [1.54, 1.807) is 11.3 Å². The van der Waals surface area contributed by atoms with Crippen molar-refractivity contribution in [2.75, 3.05) is 0 Å². The van der Waals surface area contributed by atoms with Gasteiger partial charge in [-0.05, 0) is 37.3 Å². The van der Waals surface area contributed by atoms with Gasteiger partial charge in [-0.2, -0.15) is 0 Å². The second-order valence-corrected chi connectivity index (χ2v) is 4.39. The van der Waals surface area contributed by atoms with Crippen LogP contribution in [0.3, 0.4) is 0 Å². The number of nitrogens with zero attached hydrogens (tertiary/aromatic N) is 1. The lowest BCUT2D eigenvalue weighted by Gasteiger charge is -2.08. The highest BCUT2D eigenvalue weighted by Crippen LogP contribution is 2.29. The zero-order valence-corrected chi connectivity index (χ0v) is 8.10. The number of hydrogen-bond acceptors (Lipinski definition) is 3. The van der Waals surface area contributed by atoms with Gasteiger partial charge >= 0.3 is 0 Å². The van der Waals surface area contributed by atoms with E-state index in [4.69, 9.17) is 10.9 Å². The molecule has 0 unspecified atom stereocenters. The molecule has 4 heteroatoms. The minimum Gasteiger partial charge on any atom is -0.409 e. The molecule has 1 aliphatic rings. The van der Waals surface area contributed by atoms with Gasteiger partial charge in [-0.15, -0.1) is 11.3 Å². The summed E-state index contributed by atoms with van der Waals surface area (Å²) in [6.45, 7) is 0. The summed E-state index contributed by atoms with van der Waals surface area (Å²) in [4.78, 5) is 2.31. The molecule has 0 atom stereocenters. The molecular weight excluding hydrogens is 184 g/mol. The molecule has 0 saturated carbocycles. The van der Waals surface area contributed by atoms with E-state index in [0.29, 0.717) is 0 Å². The van der Waals surface area contributed by atoms with Crippen LogP contribution < -0.4 is 5.73 Å². The molecule has 0 spiro atoms. The highest BCUT2D eigenvalue weighted by molar-refractivity contribution is 7.14. The molecule has 3 N–H and O–H groups in total. The molecule has 1 aromatic heterocycles. The number of aryl methyl sites for hydroxylation is 2. The fourth-order valence-electron chi connectivity index (χ4n) is 1.67. The molecule has 0 fully saturated rings. The van der Waals surface area contributed by atoms with Crippen molar-refractivity contribution in [3.8, 4) is 0 Å². The van der Waals surface area contributed by atoms with Crippen molar-refractivity contribution in [1.82, 2.24) is 0 Å².